The number of amides is 1. The van der Waals surface area contributed by atoms with Crippen molar-refractivity contribution >= 4 is 36.6 Å². The van der Waals surface area contributed by atoms with Gasteiger partial charge in [0, 0.05) is 19.6 Å². The van der Waals surface area contributed by atoms with Crippen molar-refractivity contribution < 1.29 is 28.5 Å². The van der Waals surface area contributed by atoms with Gasteiger partial charge in [0.2, 0.25) is 29.6 Å². The van der Waals surface area contributed by atoms with Crippen LogP contribution in [0, 0.1) is 0 Å². The standard InChI is InChI=1S/C27H39N5O6Si/c1-9-13-32(15-14-31(2)3)27-29-25(35-4)22(26(30-27)36-5)28-24(34)23-20(33)17-21(38-23)37-18-11-10-12-19(16-18)39(6,7)8/h10-12,16-17,23H,9,13-15H2,1-8H3,(H,28,34). The van der Waals surface area contributed by atoms with Crippen LogP contribution < -0.4 is 29.6 Å². The third-order valence-corrected chi connectivity index (χ3v) is 8.01. The fraction of sp³-hybridized carbons (Fsp3) is 0.481. The molecule has 212 valence electrons. The molecule has 2 heterocycles. The first-order valence-electron chi connectivity index (χ1n) is 12.9. The normalized spacial score (nSPS) is 15.1. The number of anilines is 2. The number of aromatic nitrogens is 2. The number of ketones is 1. The molecule has 11 nitrogen and oxygen atoms in total. The molecule has 0 saturated carbocycles. The Hall–Kier alpha value is -3.64. The number of nitrogens with one attached hydrogen (secondary N) is 1. The third-order valence-electron chi connectivity index (χ3n) is 5.97. The number of methoxy groups -OCH3 is 2. The summed E-state index contributed by atoms with van der Waals surface area (Å²) in [5, 5.41) is 3.84. The molecule has 1 N–H and O–H groups in total. The zero-order valence-corrected chi connectivity index (χ0v) is 25.0. The van der Waals surface area contributed by atoms with Crippen molar-refractivity contribution in [1.29, 1.82) is 0 Å². The molecule has 0 radical (unpaired) electrons. The molecule has 1 aliphatic heterocycles. The highest BCUT2D eigenvalue weighted by molar-refractivity contribution is 6.88. The SMILES string of the molecule is CCCN(CCN(C)C)c1nc(OC)c(NC(=O)C2OC(Oc3cccc([Si](C)(C)C)c3)=CC2=O)c(OC)n1. The van der Waals surface area contributed by atoms with Crippen molar-refractivity contribution in [1.82, 2.24) is 14.9 Å². The predicted octanol–water partition coefficient (Wildman–Crippen LogP) is 2.64. The van der Waals surface area contributed by atoms with Crippen LogP contribution in [0.25, 0.3) is 0 Å². The summed E-state index contributed by atoms with van der Waals surface area (Å²) in [5.74, 6) is -0.156. The van der Waals surface area contributed by atoms with Gasteiger partial charge < -0.3 is 34.1 Å². The molecule has 0 spiro atoms. The first-order chi connectivity index (χ1) is 18.5. The van der Waals surface area contributed by atoms with Crippen LogP contribution in [0.3, 0.4) is 0 Å². The molecular weight excluding hydrogens is 518 g/mol. The van der Waals surface area contributed by atoms with Crippen LogP contribution in [0.1, 0.15) is 13.3 Å². The third kappa shape index (κ3) is 7.70. The Kier molecular flexibility index (Phi) is 9.92. The van der Waals surface area contributed by atoms with Crippen molar-refractivity contribution in [3.63, 3.8) is 0 Å². The quantitative estimate of drug-likeness (QED) is 0.291. The van der Waals surface area contributed by atoms with E-state index in [4.69, 9.17) is 18.9 Å². The van der Waals surface area contributed by atoms with E-state index in [1.807, 2.05) is 31.1 Å². The molecule has 2 aromatic rings. The van der Waals surface area contributed by atoms with Crippen LogP contribution in [0.15, 0.2) is 36.3 Å². The summed E-state index contributed by atoms with van der Waals surface area (Å²) in [4.78, 5) is 38.9. The van der Waals surface area contributed by atoms with E-state index in [1.54, 1.807) is 6.07 Å². The Balaban J connectivity index is 1.77. The molecule has 3 rings (SSSR count). The second-order valence-electron chi connectivity index (χ2n) is 10.4. The minimum Gasteiger partial charge on any atom is -0.479 e. The summed E-state index contributed by atoms with van der Waals surface area (Å²) in [5.41, 5.74) is 0.103. The monoisotopic (exact) mass is 557 g/mol. The van der Waals surface area contributed by atoms with E-state index >= 15 is 0 Å². The minimum absolute atomic E-state index is 0.0468. The fourth-order valence-corrected chi connectivity index (χ4v) is 4.99. The topological polar surface area (TPSA) is 115 Å². The molecule has 0 saturated heterocycles. The summed E-state index contributed by atoms with van der Waals surface area (Å²) in [7, 11) is 5.29. The van der Waals surface area contributed by atoms with Gasteiger partial charge in [-0.05, 0) is 32.6 Å². The van der Waals surface area contributed by atoms with Gasteiger partial charge in [0.1, 0.15) is 5.75 Å². The summed E-state index contributed by atoms with van der Waals surface area (Å²) in [6.07, 6.45) is 0.624. The number of hydrogen-bond acceptors (Lipinski definition) is 10. The van der Waals surface area contributed by atoms with Crippen LogP contribution in [-0.2, 0) is 14.3 Å². The van der Waals surface area contributed by atoms with Crippen LogP contribution in [0.5, 0.6) is 17.5 Å². The van der Waals surface area contributed by atoms with Gasteiger partial charge in [-0.1, -0.05) is 43.9 Å². The van der Waals surface area contributed by atoms with Gasteiger partial charge in [-0.25, -0.2) is 0 Å². The number of ether oxygens (including phenoxy) is 4. The summed E-state index contributed by atoms with van der Waals surface area (Å²) < 4.78 is 22.3. The number of nitrogens with zero attached hydrogens (tertiary/aromatic N) is 4. The lowest BCUT2D eigenvalue weighted by molar-refractivity contribution is -0.134. The second kappa shape index (κ2) is 12.9. The first-order valence-corrected chi connectivity index (χ1v) is 16.4. The van der Waals surface area contributed by atoms with Gasteiger partial charge in [0.25, 0.3) is 11.9 Å². The Bertz CT molecular complexity index is 1190. The van der Waals surface area contributed by atoms with Crippen LogP contribution in [-0.4, -0.2) is 88.7 Å². The van der Waals surface area contributed by atoms with Gasteiger partial charge in [-0.15, -0.1) is 0 Å². The Morgan fingerprint density at radius 1 is 1.08 bits per heavy atom. The first kappa shape index (κ1) is 29.9. The molecule has 0 fully saturated rings. The summed E-state index contributed by atoms with van der Waals surface area (Å²) >= 11 is 0. The lowest BCUT2D eigenvalue weighted by Gasteiger charge is -2.25. The highest BCUT2D eigenvalue weighted by Crippen LogP contribution is 2.34. The van der Waals surface area contributed by atoms with Crippen molar-refractivity contribution in [2.24, 2.45) is 0 Å². The van der Waals surface area contributed by atoms with E-state index < -0.39 is 25.9 Å². The number of rotatable bonds is 13. The lowest BCUT2D eigenvalue weighted by atomic mass is 10.2. The van der Waals surface area contributed by atoms with Gasteiger partial charge in [0.15, 0.2) is 5.69 Å². The van der Waals surface area contributed by atoms with Crippen molar-refractivity contribution in [3.8, 4) is 17.5 Å². The number of hydrogen-bond donors (Lipinski definition) is 1. The fourth-order valence-electron chi connectivity index (χ4n) is 3.82. The maximum Gasteiger partial charge on any atom is 0.289 e. The lowest BCUT2D eigenvalue weighted by Crippen LogP contribution is -2.37. The molecule has 1 aliphatic rings. The van der Waals surface area contributed by atoms with Crippen LogP contribution in [0.4, 0.5) is 11.6 Å². The van der Waals surface area contributed by atoms with E-state index in [1.165, 1.54) is 25.5 Å². The Morgan fingerprint density at radius 3 is 2.31 bits per heavy atom. The molecule has 0 aliphatic carbocycles. The highest BCUT2D eigenvalue weighted by Gasteiger charge is 2.36. The van der Waals surface area contributed by atoms with Gasteiger partial charge >= 0.3 is 0 Å². The van der Waals surface area contributed by atoms with E-state index in [0.29, 0.717) is 18.2 Å². The van der Waals surface area contributed by atoms with Crippen molar-refractivity contribution in [3.05, 3.63) is 36.3 Å². The minimum atomic E-state index is -1.57. The zero-order chi connectivity index (χ0) is 28.7. The van der Waals surface area contributed by atoms with Gasteiger partial charge in [0.05, 0.1) is 28.4 Å². The van der Waals surface area contributed by atoms with E-state index in [2.05, 4.69) is 52.8 Å². The number of benzene rings is 1. The molecule has 0 bridgehead atoms. The maximum absolute atomic E-state index is 13.1. The number of likely N-dealkylation sites (N-methyl/N-ethyl adjacent to an activating group) is 1. The van der Waals surface area contributed by atoms with Crippen LogP contribution in [0.2, 0.25) is 19.6 Å². The molecule has 1 aromatic carbocycles. The van der Waals surface area contributed by atoms with Crippen LogP contribution >= 0.6 is 0 Å². The van der Waals surface area contributed by atoms with Crippen molar-refractivity contribution in [2.75, 3.05) is 58.2 Å². The van der Waals surface area contributed by atoms with Gasteiger partial charge in [-0.3, -0.25) is 9.59 Å². The molecule has 1 aromatic heterocycles. The number of carbonyl (C=O) groups is 2. The average Bonchev–Trinajstić information content (AvgIpc) is 3.25. The second-order valence-corrected chi connectivity index (χ2v) is 15.5. The van der Waals surface area contributed by atoms with Crippen molar-refractivity contribution in [2.45, 2.75) is 39.1 Å². The predicted molar refractivity (Wildman–Crippen MR) is 153 cm³/mol. The summed E-state index contributed by atoms with van der Waals surface area (Å²) in [6, 6.07) is 7.67. The zero-order valence-electron chi connectivity index (χ0n) is 24.0. The maximum atomic E-state index is 13.1. The largest absolute Gasteiger partial charge is 0.479 e. The molecular formula is C27H39N5O6Si. The Labute approximate surface area is 231 Å². The summed E-state index contributed by atoms with van der Waals surface area (Å²) in [6.45, 7) is 11.0. The molecule has 39 heavy (non-hydrogen) atoms. The smallest absolute Gasteiger partial charge is 0.289 e. The van der Waals surface area contributed by atoms with E-state index in [-0.39, 0.29) is 23.4 Å². The van der Waals surface area contributed by atoms with E-state index in [9.17, 15) is 9.59 Å². The van der Waals surface area contributed by atoms with E-state index in [0.717, 1.165) is 19.5 Å². The highest BCUT2D eigenvalue weighted by atomic mass is 28.3. The number of carbonyl (C=O) groups excluding carboxylic acids is 2. The molecule has 1 amide bonds. The average molecular weight is 558 g/mol. The Morgan fingerprint density at radius 2 is 1.74 bits per heavy atom. The molecule has 1 unspecified atom stereocenters. The molecule has 1 atom stereocenters. The molecule has 12 heteroatoms. The van der Waals surface area contributed by atoms with Gasteiger partial charge in [-0.2, -0.15) is 9.97 Å².